The Labute approximate surface area is 150 Å². The Balaban J connectivity index is 1.42. The molecule has 1 unspecified atom stereocenters. The van der Waals surface area contributed by atoms with Crippen LogP contribution in [0.4, 0.5) is 0 Å². The zero-order valence-corrected chi connectivity index (χ0v) is 14.5. The van der Waals surface area contributed by atoms with E-state index in [1.807, 2.05) is 23.1 Å². The van der Waals surface area contributed by atoms with Gasteiger partial charge in [0, 0.05) is 42.7 Å². The van der Waals surface area contributed by atoms with E-state index >= 15 is 0 Å². The van der Waals surface area contributed by atoms with Gasteiger partial charge in [-0.1, -0.05) is 11.6 Å². The second-order valence-corrected chi connectivity index (χ2v) is 7.13. The van der Waals surface area contributed by atoms with Crippen molar-refractivity contribution in [1.29, 1.82) is 0 Å². The number of halogens is 1. The number of rotatable bonds is 2. The summed E-state index contributed by atoms with van der Waals surface area (Å²) in [6.07, 6.45) is 4.41. The summed E-state index contributed by atoms with van der Waals surface area (Å²) in [6, 6.07) is 5.55. The maximum Gasteiger partial charge on any atom is 0.245 e. The molecule has 4 heterocycles. The van der Waals surface area contributed by atoms with Gasteiger partial charge in [0.1, 0.15) is 6.04 Å². The predicted molar refractivity (Wildman–Crippen MR) is 94.3 cm³/mol. The Morgan fingerprint density at radius 2 is 2.04 bits per heavy atom. The van der Waals surface area contributed by atoms with Gasteiger partial charge >= 0.3 is 0 Å². The van der Waals surface area contributed by atoms with Crippen LogP contribution in [0.15, 0.2) is 24.4 Å². The van der Waals surface area contributed by atoms with E-state index in [0.29, 0.717) is 42.5 Å². The lowest BCUT2D eigenvalue weighted by atomic mass is 9.92. The molecule has 0 saturated carbocycles. The fourth-order valence-electron chi connectivity index (χ4n) is 3.64. The Bertz CT molecular complexity index is 833. The van der Waals surface area contributed by atoms with Gasteiger partial charge in [-0.3, -0.25) is 9.59 Å². The molecule has 2 saturated heterocycles. The zero-order chi connectivity index (χ0) is 17.4. The molecule has 0 aliphatic carbocycles. The largest absolute Gasteiger partial charge is 0.344 e. The van der Waals surface area contributed by atoms with Crippen LogP contribution in [0.25, 0.3) is 11.0 Å². The van der Waals surface area contributed by atoms with Crippen molar-refractivity contribution in [3.05, 3.63) is 35.1 Å². The number of fused-ring (bicyclic) bond motifs is 1. The molecule has 0 spiro atoms. The zero-order valence-electron chi connectivity index (χ0n) is 13.7. The van der Waals surface area contributed by atoms with Gasteiger partial charge in [-0.05, 0) is 37.5 Å². The molecule has 2 aliphatic heterocycles. The number of nitrogens with zero attached hydrogens (tertiary/aromatic N) is 3. The van der Waals surface area contributed by atoms with Crippen LogP contribution in [0.5, 0.6) is 0 Å². The maximum atomic E-state index is 12.5. The van der Waals surface area contributed by atoms with Gasteiger partial charge in [-0.25, -0.2) is 9.97 Å². The summed E-state index contributed by atoms with van der Waals surface area (Å²) in [6.45, 7) is 1.40. The fourth-order valence-corrected chi connectivity index (χ4v) is 3.81. The van der Waals surface area contributed by atoms with Crippen molar-refractivity contribution in [3.8, 4) is 0 Å². The van der Waals surface area contributed by atoms with E-state index in [-0.39, 0.29) is 17.9 Å². The molecule has 130 valence electrons. The van der Waals surface area contributed by atoms with Crippen molar-refractivity contribution in [2.45, 2.75) is 37.6 Å². The van der Waals surface area contributed by atoms with E-state index < -0.39 is 0 Å². The average molecular weight is 359 g/mol. The summed E-state index contributed by atoms with van der Waals surface area (Å²) in [5.41, 5.74) is 1.72. The summed E-state index contributed by atoms with van der Waals surface area (Å²) in [4.78, 5) is 34.6. The average Bonchev–Trinajstić information content (AvgIpc) is 3.07. The van der Waals surface area contributed by atoms with Crippen LogP contribution < -0.4 is 5.32 Å². The lowest BCUT2D eigenvalue weighted by Crippen LogP contribution is -2.47. The van der Waals surface area contributed by atoms with Gasteiger partial charge in [-0.15, -0.1) is 0 Å². The van der Waals surface area contributed by atoms with E-state index in [4.69, 9.17) is 11.6 Å². The number of amides is 2. The van der Waals surface area contributed by atoms with Gasteiger partial charge in [0.25, 0.3) is 0 Å². The highest BCUT2D eigenvalue weighted by molar-refractivity contribution is 6.31. The summed E-state index contributed by atoms with van der Waals surface area (Å²) >= 11 is 5.96. The van der Waals surface area contributed by atoms with Gasteiger partial charge in [0.2, 0.25) is 11.8 Å². The van der Waals surface area contributed by atoms with Crippen molar-refractivity contribution < 1.29 is 9.59 Å². The highest BCUT2D eigenvalue weighted by Gasteiger charge is 2.33. The molecule has 0 bridgehead atoms. The fraction of sp³-hybridized carbons (Fsp3) is 0.444. The molecule has 1 N–H and O–H groups in total. The number of piperidine rings is 1. The summed E-state index contributed by atoms with van der Waals surface area (Å²) in [5, 5.41) is 4.29. The van der Waals surface area contributed by atoms with Gasteiger partial charge in [0.15, 0.2) is 5.65 Å². The first-order chi connectivity index (χ1) is 12.1. The summed E-state index contributed by atoms with van der Waals surface area (Å²) in [7, 11) is 0. The first kappa shape index (κ1) is 16.3. The highest BCUT2D eigenvalue weighted by atomic mass is 35.5. The number of likely N-dealkylation sites (tertiary alicyclic amines) is 1. The molecule has 25 heavy (non-hydrogen) atoms. The summed E-state index contributed by atoms with van der Waals surface area (Å²) < 4.78 is 0. The van der Waals surface area contributed by atoms with Crippen molar-refractivity contribution in [2.75, 3.05) is 13.1 Å². The summed E-state index contributed by atoms with van der Waals surface area (Å²) in [5.74, 6) is 0.345. The van der Waals surface area contributed by atoms with Gasteiger partial charge in [-0.2, -0.15) is 0 Å². The number of carbonyl (C=O) groups excluding carboxylic acids is 2. The van der Waals surface area contributed by atoms with E-state index in [0.717, 1.165) is 23.9 Å². The van der Waals surface area contributed by atoms with E-state index in [9.17, 15) is 9.59 Å². The number of carbonyl (C=O) groups is 2. The van der Waals surface area contributed by atoms with Crippen molar-refractivity contribution in [3.63, 3.8) is 0 Å². The number of hydrogen-bond acceptors (Lipinski definition) is 4. The second-order valence-electron chi connectivity index (χ2n) is 6.69. The standard InChI is InChI=1S/C18H19ClN4O2/c19-13-9-12-1-2-14(22-17(12)20-10-13)11-5-7-23(8-6-11)18(25)15-3-4-16(24)21-15/h1-2,9-11,15H,3-8H2,(H,21,24). The third-order valence-electron chi connectivity index (χ3n) is 5.05. The lowest BCUT2D eigenvalue weighted by molar-refractivity contribution is -0.135. The monoisotopic (exact) mass is 358 g/mol. The van der Waals surface area contributed by atoms with Crippen LogP contribution in [0.2, 0.25) is 5.02 Å². The van der Waals surface area contributed by atoms with Crippen molar-refractivity contribution >= 4 is 34.4 Å². The lowest BCUT2D eigenvalue weighted by Gasteiger charge is -2.33. The molecule has 2 aliphatic rings. The van der Waals surface area contributed by atoms with Gasteiger partial charge < -0.3 is 10.2 Å². The van der Waals surface area contributed by atoms with E-state index in [2.05, 4.69) is 15.3 Å². The van der Waals surface area contributed by atoms with Crippen LogP contribution in [-0.2, 0) is 9.59 Å². The molecule has 1 atom stereocenters. The number of nitrogens with one attached hydrogen (secondary N) is 1. The molecule has 0 radical (unpaired) electrons. The molecule has 2 aromatic rings. The van der Waals surface area contributed by atoms with Crippen molar-refractivity contribution in [1.82, 2.24) is 20.2 Å². The highest BCUT2D eigenvalue weighted by Crippen LogP contribution is 2.29. The van der Waals surface area contributed by atoms with Crippen LogP contribution in [-0.4, -0.2) is 45.8 Å². The molecule has 0 aromatic carbocycles. The minimum absolute atomic E-state index is 0.0267. The molecular formula is C18H19ClN4O2. The molecular weight excluding hydrogens is 340 g/mol. The van der Waals surface area contributed by atoms with Crippen LogP contribution in [0, 0.1) is 0 Å². The Morgan fingerprint density at radius 3 is 2.76 bits per heavy atom. The Kier molecular flexibility index (Phi) is 4.29. The Morgan fingerprint density at radius 1 is 1.24 bits per heavy atom. The molecule has 2 amide bonds. The van der Waals surface area contributed by atoms with Crippen LogP contribution >= 0.6 is 11.6 Å². The predicted octanol–water partition coefficient (Wildman–Crippen LogP) is 2.27. The molecule has 7 heteroatoms. The Hall–Kier alpha value is -2.21. The second kappa shape index (κ2) is 6.59. The number of pyridine rings is 2. The minimum Gasteiger partial charge on any atom is -0.344 e. The number of aromatic nitrogens is 2. The molecule has 4 rings (SSSR count). The molecule has 2 fully saturated rings. The maximum absolute atomic E-state index is 12.5. The first-order valence-electron chi connectivity index (χ1n) is 8.60. The van der Waals surface area contributed by atoms with Crippen LogP contribution in [0.1, 0.15) is 37.3 Å². The van der Waals surface area contributed by atoms with Gasteiger partial charge in [0.05, 0.1) is 5.02 Å². The quantitative estimate of drug-likeness (QED) is 0.893. The van der Waals surface area contributed by atoms with E-state index in [1.54, 1.807) is 6.20 Å². The molecule has 6 nitrogen and oxygen atoms in total. The normalized spacial score (nSPS) is 21.6. The topological polar surface area (TPSA) is 75.2 Å². The van der Waals surface area contributed by atoms with Crippen molar-refractivity contribution in [2.24, 2.45) is 0 Å². The van der Waals surface area contributed by atoms with Crippen LogP contribution in [0.3, 0.4) is 0 Å². The third kappa shape index (κ3) is 3.31. The SMILES string of the molecule is O=C1CCC(C(=O)N2CCC(c3ccc4cc(Cl)cnc4n3)CC2)N1. The smallest absolute Gasteiger partial charge is 0.245 e. The minimum atomic E-state index is -0.336. The number of hydrogen-bond donors (Lipinski definition) is 1. The first-order valence-corrected chi connectivity index (χ1v) is 8.98. The third-order valence-corrected chi connectivity index (χ3v) is 5.26. The molecule has 2 aromatic heterocycles. The van der Waals surface area contributed by atoms with E-state index in [1.165, 1.54) is 0 Å².